The molecule has 2 atom stereocenters. The molecule has 4 N–H and O–H groups in total. The number of halogens is 2. The Labute approximate surface area is 103 Å². The van der Waals surface area contributed by atoms with Gasteiger partial charge in [-0.2, -0.15) is 0 Å². The fourth-order valence-corrected chi connectivity index (χ4v) is 0.926. The van der Waals surface area contributed by atoms with Gasteiger partial charge in [-0.3, -0.25) is 0 Å². The quantitative estimate of drug-likeness (QED) is 0.313. The average Bonchev–Trinajstić information content (AvgIpc) is 2.13. The lowest BCUT2D eigenvalue weighted by molar-refractivity contribution is 0.158. The van der Waals surface area contributed by atoms with Crippen molar-refractivity contribution in [1.29, 1.82) is 0 Å². The second-order valence-electron chi connectivity index (χ2n) is 3.08. The molecular formula is C9H15BrClN3O. The molecule has 0 aliphatic carbocycles. The summed E-state index contributed by atoms with van der Waals surface area (Å²) in [6, 6.07) is -0.101. The maximum absolute atomic E-state index is 9.26. The van der Waals surface area contributed by atoms with Crippen molar-refractivity contribution in [2.24, 2.45) is 10.7 Å². The molecule has 0 fully saturated rings. The first-order valence-electron chi connectivity index (χ1n) is 4.33. The minimum Gasteiger partial charge on any atom is -0.391 e. The zero-order valence-electron chi connectivity index (χ0n) is 8.67. The molecule has 0 saturated heterocycles. The van der Waals surface area contributed by atoms with E-state index in [-0.39, 0.29) is 11.3 Å². The van der Waals surface area contributed by atoms with Crippen LogP contribution in [0.15, 0.2) is 28.0 Å². The molecule has 0 rings (SSSR count). The van der Waals surface area contributed by atoms with E-state index in [9.17, 15) is 5.11 Å². The first-order valence-corrected chi connectivity index (χ1v) is 5.50. The van der Waals surface area contributed by atoms with Gasteiger partial charge in [0.05, 0.1) is 10.6 Å². The first-order chi connectivity index (χ1) is 6.84. The van der Waals surface area contributed by atoms with Gasteiger partial charge in [-0.15, -0.1) is 0 Å². The maximum Gasteiger partial charge on any atom is 0.193 e. The molecule has 0 saturated carbocycles. The van der Waals surface area contributed by atoms with E-state index in [2.05, 4.69) is 32.8 Å². The average molecular weight is 297 g/mol. The number of nitrogens with two attached hydrogens (primary N) is 1. The number of amidine groups is 1. The molecule has 0 aliphatic rings. The van der Waals surface area contributed by atoms with Gasteiger partial charge < -0.3 is 16.2 Å². The second kappa shape index (κ2) is 6.87. The van der Waals surface area contributed by atoms with Crippen LogP contribution < -0.4 is 11.1 Å². The Bertz CT molecular complexity index is 285. The SMILES string of the molecule is C=C(N[C@H](C)[C@@H](C)O)/C(Br)=C\N=C(/N)Cl. The highest BCUT2D eigenvalue weighted by molar-refractivity contribution is 9.11. The highest BCUT2D eigenvalue weighted by atomic mass is 79.9. The van der Waals surface area contributed by atoms with Gasteiger partial charge in [0, 0.05) is 17.9 Å². The molecule has 86 valence electrons. The van der Waals surface area contributed by atoms with E-state index < -0.39 is 6.10 Å². The van der Waals surface area contributed by atoms with Crippen molar-refractivity contribution < 1.29 is 5.11 Å². The van der Waals surface area contributed by atoms with Gasteiger partial charge in [-0.1, -0.05) is 6.58 Å². The Morgan fingerprint density at radius 1 is 1.67 bits per heavy atom. The predicted molar refractivity (Wildman–Crippen MR) is 67.9 cm³/mol. The summed E-state index contributed by atoms with van der Waals surface area (Å²) >= 11 is 8.60. The zero-order valence-corrected chi connectivity index (χ0v) is 11.0. The summed E-state index contributed by atoms with van der Waals surface area (Å²) in [5, 5.41) is 12.2. The van der Waals surface area contributed by atoms with Crippen molar-refractivity contribution in [3.63, 3.8) is 0 Å². The molecule has 0 radical (unpaired) electrons. The number of aliphatic hydroxyl groups excluding tert-OH is 1. The van der Waals surface area contributed by atoms with Crippen LogP contribution in [0, 0.1) is 0 Å². The second-order valence-corrected chi connectivity index (χ2v) is 4.32. The van der Waals surface area contributed by atoms with Crippen LogP contribution in [0.3, 0.4) is 0 Å². The number of hydrogen-bond acceptors (Lipinski definition) is 3. The lowest BCUT2D eigenvalue weighted by atomic mass is 10.2. The van der Waals surface area contributed by atoms with Gasteiger partial charge in [0.2, 0.25) is 0 Å². The van der Waals surface area contributed by atoms with Gasteiger partial charge in [0.15, 0.2) is 5.29 Å². The number of aliphatic hydroxyl groups is 1. The van der Waals surface area contributed by atoms with Crippen LogP contribution in [0.5, 0.6) is 0 Å². The van der Waals surface area contributed by atoms with Crippen molar-refractivity contribution >= 4 is 32.8 Å². The van der Waals surface area contributed by atoms with E-state index >= 15 is 0 Å². The molecule has 15 heavy (non-hydrogen) atoms. The summed E-state index contributed by atoms with van der Waals surface area (Å²) in [6.45, 7) is 7.30. The lowest BCUT2D eigenvalue weighted by Gasteiger charge is -2.18. The third-order valence-electron chi connectivity index (χ3n) is 1.72. The van der Waals surface area contributed by atoms with Gasteiger partial charge >= 0.3 is 0 Å². The van der Waals surface area contributed by atoms with Crippen LogP contribution in [-0.2, 0) is 0 Å². The zero-order chi connectivity index (χ0) is 12.0. The molecule has 4 nitrogen and oxygen atoms in total. The van der Waals surface area contributed by atoms with E-state index in [1.165, 1.54) is 6.20 Å². The third-order valence-corrected chi connectivity index (χ3v) is 2.50. The van der Waals surface area contributed by atoms with Crippen molar-refractivity contribution in [1.82, 2.24) is 5.32 Å². The van der Waals surface area contributed by atoms with E-state index in [1.807, 2.05) is 6.92 Å². The number of allylic oxidation sites excluding steroid dienone is 1. The highest BCUT2D eigenvalue weighted by Crippen LogP contribution is 2.14. The van der Waals surface area contributed by atoms with Crippen LogP contribution >= 0.6 is 27.5 Å². The van der Waals surface area contributed by atoms with E-state index in [4.69, 9.17) is 17.3 Å². The van der Waals surface area contributed by atoms with Gasteiger partial charge in [-0.25, -0.2) is 4.99 Å². The topological polar surface area (TPSA) is 70.6 Å². The maximum atomic E-state index is 9.26. The minimum atomic E-state index is -0.469. The molecule has 0 spiro atoms. The standard InChI is InChI=1S/C9H15BrClN3O/c1-5(7(3)15)14-6(2)8(10)4-13-9(11)12/h4-5,7,14-15H,2H2,1,3H3,(H2,12,13)/b8-4+/t5-,7-/m1/s1. The molecule has 0 aliphatic heterocycles. The molecule has 0 aromatic rings. The molecule has 0 unspecified atom stereocenters. The largest absolute Gasteiger partial charge is 0.391 e. The van der Waals surface area contributed by atoms with Gasteiger partial charge in [0.1, 0.15) is 0 Å². The fraction of sp³-hybridized carbons (Fsp3) is 0.444. The number of rotatable bonds is 5. The van der Waals surface area contributed by atoms with E-state index in [1.54, 1.807) is 6.92 Å². The van der Waals surface area contributed by atoms with E-state index in [0.29, 0.717) is 10.2 Å². The van der Waals surface area contributed by atoms with Crippen LogP contribution in [-0.4, -0.2) is 22.5 Å². The highest BCUT2D eigenvalue weighted by Gasteiger charge is 2.09. The summed E-state index contributed by atoms with van der Waals surface area (Å²) in [6.07, 6.45) is 0.968. The summed E-state index contributed by atoms with van der Waals surface area (Å²) in [5.74, 6) is 0. The molecular weight excluding hydrogens is 281 g/mol. The summed E-state index contributed by atoms with van der Waals surface area (Å²) in [7, 11) is 0. The van der Waals surface area contributed by atoms with Crippen LogP contribution in [0.2, 0.25) is 0 Å². The van der Waals surface area contributed by atoms with Crippen molar-refractivity contribution in [3.8, 4) is 0 Å². The Balaban J connectivity index is 4.34. The minimum absolute atomic E-state index is 0.0525. The number of aliphatic imine (C=N–C) groups is 1. The fourth-order valence-electron chi connectivity index (χ4n) is 0.661. The summed E-state index contributed by atoms with van der Waals surface area (Å²) in [4.78, 5) is 3.69. The van der Waals surface area contributed by atoms with Crippen LogP contribution in [0.4, 0.5) is 0 Å². The Morgan fingerprint density at radius 2 is 2.20 bits per heavy atom. The van der Waals surface area contributed by atoms with Crippen molar-refractivity contribution in [3.05, 3.63) is 23.0 Å². The Hall–Kier alpha value is -0.520. The summed E-state index contributed by atoms with van der Waals surface area (Å²) < 4.78 is 0.624. The lowest BCUT2D eigenvalue weighted by Crippen LogP contribution is -2.34. The number of nitrogens with one attached hydrogen (secondary N) is 1. The molecule has 6 heteroatoms. The normalized spacial score (nSPS) is 17.1. The predicted octanol–water partition coefficient (Wildman–Crippen LogP) is 1.65. The van der Waals surface area contributed by atoms with Crippen LogP contribution in [0.1, 0.15) is 13.8 Å². The Kier molecular flexibility index (Phi) is 6.63. The Morgan fingerprint density at radius 3 is 2.60 bits per heavy atom. The monoisotopic (exact) mass is 295 g/mol. The number of hydrogen-bond donors (Lipinski definition) is 3. The molecule has 0 aromatic carbocycles. The smallest absolute Gasteiger partial charge is 0.193 e. The number of nitrogens with zero attached hydrogens (tertiary/aromatic N) is 1. The third kappa shape index (κ3) is 6.54. The van der Waals surface area contributed by atoms with Gasteiger partial charge in [0.25, 0.3) is 0 Å². The van der Waals surface area contributed by atoms with Gasteiger partial charge in [-0.05, 0) is 41.4 Å². The summed E-state index contributed by atoms with van der Waals surface area (Å²) in [5.41, 5.74) is 5.75. The molecule has 0 amide bonds. The van der Waals surface area contributed by atoms with Crippen molar-refractivity contribution in [2.45, 2.75) is 26.0 Å². The van der Waals surface area contributed by atoms with E-state index in [0.717, 1.165) is 0 Å². The van der Waals surface area contributed by atoms with Crippen LogP contribution in [0.25, 0.3) is 0 Å². The molecule has 0 bridgehead atoms. The molecule has 0 heterocycles. The first kappa shape index (κ1) is 14.5. The van der Waals surface area contributed by atoms with Crippen molar-refractivity contribution in [2.75, 3.05) is 0 Å². The molecule has 0 aromatic heterocycles.